The van der Waals surface area contributed by atoms with Crippen molar-refractivity contribution in [2.45, 2.75) is 6.42 Å². The Morgan fingerprint density at radius 2 is 2.21 bits per heavy atom. The number of primary amides is 1. The number of amides is 1. The highest BCUT2D eigenvalue weighted by Crippen LogP contribution is 2.17. The summed E-state index contributed by atoms with van der Waals surface area (Å²) in [5.41, 5.74) is 11.6. The van der Waals surface area contributed by atoms with E-state index < -0.39 is 5.91 Å². The van der Waals surface area contributed by atoms with Gasteiger partial charge in [0.25, 0.3) is 0 Å². The van der Waals surface area contributed by atoms with E-state index in [1.807, 2.05) is 0 Å². The van der Waals surface area contributed by atoms with Crippen LogP contribution in [-0.2, 0) is 4.79 Å². The minimum Gasteiger partial charge on any atom is -0.399 e. The number of carbonyl (C=O) groups is 1. The van der Waals surface area contributed by atoms with Crippen LogP contribution in [0.3, 0.4) is 0 Å². The maximum Gasteiger partial charge on any atom is 0.229 e. The van der Waals surface area contributed by atoms with Crippen LogP contribution in [0, 0.1) is 11.8 Å². The Labute approximate surface area is 87.0 Å². The van der Waals surface area contributed by atoms with Gasteiger partial charge >= 0.3 is 0 Å². The summed E-state index contributed by atoms with van der Waals surface area (Å²) in [5.74, 6) is 4.89. The first kappa shape index (κ1) is 10.4. The quantitative estimate of drug-likeness (QED) is 0.537. The van der Waals surface area contributed by atoms with Gasteiger partial charge in [-0.15, -0.1) is 0 Å². The van der Waals surface area contributed by atoms with Gasteiger partial charge in [0.05, 0.1) is 11.4 Å². The van der Waals surface area contributed by atoms with Crippen LogP contribution in [0.15, 0.2) is 18.2 Å². The normalized spacial score (nSPS) is 8.93. The van der Waals surface area contributed by atoms with Gasteiger partial charge in [0.1, 0.15) is 0 Å². The predicted molar refractivity (Wildman–Crippen MR) is 56.6 cm³/mol. The summed E-state index contributed by atoms with van der Waals surface area (Å²) in [6, 6.07) is 5.00. The van der Waals surface area contributed by atoms with Crippen molar-refractivity contribution in [3.63, 3.8) is 0 Å². The maximum atomic E-state index is 10.4. The fourth-order valence-electron chi connectivity index (χ4n) is 0.859. The van der Waals surface area contributed by atoms with Gasteiger partial charge in [-0.3, -0.25) is 4.79 Å². The molecule has 1 amide bonds. The number of hydrogen-bond donors (Lipinski definition) is 2. The summed E-state index contributed by atoms with van der Waals surface area (Å²) in [5, 5.41) is 0.474. The van der Waals surface area contributed by atoms with Crippen molar-refractivity contribution >= 4 is 23.2 Å². The van der Waals surface area contributed by atoms with Gasteiger partial charge in [-0.25, -0.2) is 0 Å². The molecule has 1 aromatic carbocycles. The highest BCUT2D eigenvalue weighted by Gasteiger charge is 1.96. The zero-order valence-electron chi connectivity index (χ0n) is 7.38. The topological polar surface area (TPSA) is 69.1 Å². The third kappa shape index (κ3) is 3.00. The minimum atomic E-state index is -0.455. The number of nitrogens with two attached hydrogens (primary N) is 2. The molecule has 4 N–H and O–H groups in total. The van der Waals surface area contributed by atoms with E-state index in [1.54, 1.807) is 18.2 Å². The summed E-state index contributed by atoms with van der Waals surface area (Å²) in [4.78, 5) is 10.4. The van der Waals surface area contributed by atoms with Gasteiger partial charge in [-0.2, -0.15) is 0 Å². The van der Waals surface area contributed by atoms with Gasteiger partial charge in [0, 0.05) is 11.3 Å². The van der Waals surface area contributed by atoms with E-state index >= 15 is 0 Å². The van der Waals surface area contributed by atoms with Crippen LogP contribution in [0.4, 0.5) is 5.69 Å². The predicted octanol–water partition coefficient (Wildman–Crippen LogP) is 1.15. The fraction of sp³-hybridized carbons (Fsp3) is 0.100. The molecule has 0 unspecified atom stereocenters. The van der Waals surface area contributed by atoms with E-state index in [1.165, 1.54) is 0 Å². The molecule has 0 aliphatic rings. The average Bonchev–Trinajstić information content (AvgIpc) is 2.08. The van der Waals surface area contributed by atoms with Gasteiger partial charge in [-0.05, 0) is 18.2 Å². The average molecular weight is 209 g/mol. The first-order valence-corrected chi connectivity index (χ1v) is 4.29. The molecular weight excluding hydrogens is 200 g/mol. The molecule has 0 saturated heterocycles. The highest BCUT2D eigenvalue weighted by molar-refractivity contribution is 6.32. The van der Waals surface area contributed by atoms with Crippen molar-refractivity contribution < 1.29 is 4.79 Å². The summed E-state index contributed by atoms with van der Waals surface area (Å²) in [6.07, 6.45) is 0.0285. The Balaban J connectivity index is 2.85. The first-order valence-electron chi connectivity index (χ1n) is 3.92. The molecule has 0 aliphatic heterocycles. The molecule has 72 valence electrons. The lowest BCUT2D eigenvalue weighted by atomic mass is 10.2. The molecule has 1 aromatic rings. The van der Waals surface area contributed by atoms with E-state index in [-0.39, 0.29) is 6.42 Å². The molecule has 0 aliphatic carbocycles. The third-order valence-electron chi connectivity index (χ3n) is 1.48. The molecule has 0 radical (unpaired) electrons. The number of anilines is 1. The Morgan fingerprint density at radius 3 is 2.79 bits per heavy atom. The van der Waals surface area contributed by atoms with Gasteiger partial charge in [0.2, 0.25) is 5.91 Å². The first-order chi connectivity index (χ1) is 6.59. The van der Waals surface area contributed by atoms with E-state index in [9.17, 15) is 4.79 Å². The SMILES string of the molecule is NC(=O)CC#Cc1ccc(N)cc1Cl. The third-order valence-corrected chi connectivity index (χ3v) is 1.79. The van der Waals surface area contributed by atoms with E-state index in [0.717, 1.165) is 0 Å². The molecule has 4 heteroatoms. The minimum absolute atomic E-state index is 0.0285. The van der Waals surface area contributed by atoms with Gasteiger partial charge in [0.15, 0.2) is 0 Å². The molecule has 0 atom stereocenters. The molecule has 0 spiro atoms. The molecule has 0 fully saturated rings. The molecule has 3 nitrogen and oxygen atoms in total. The Bertz CT molecular complexity index is 418. The van der Waals surface area contributed by atoms with Crippen LogP contribution in [-0.4, -0.2) is 5.91 Å². The summed E-state index contributed by atoms with van der Waals surface area (Å²) in [6.45, 7) is 0. The second-order valence-corrected chi connectivity index (χ2v) is 3.09. The molecule has 0 aromatic heterocycles. The molecule has 0 bridgehead atoms. The van der Waals surface area contributed by atoms with Crippen LogP contribution in [0.2, 0.25) is 5.02 Å². The second-order valence-electron chi connectivity index (χ2n) is 2.68. The molecule has 0 saturated carbocycles. The monoisotopic (exact) mass is 208 g/mol. The number of hydrogen-bond acceptors (Lipinski definition) is 2. The second kappa shape index (κ2) is 4.54. The zero-order valence-corrected chi connectivity index (χ0v) is 8.14. The van der Waals surface area contributed by atoms with E-state index in [4.69, 9.17) is 23.1 Å². The van der Waals surface area contributed by atoms with Crippen LogP contribution >= 0.6 is 11.6 Å². The number of benzene rings is 1. The van der Waals surface area contributed by atoms with Crippen molar-refractivity contribution in [1.29, 1.82) is 0 Å². The van der Waals surface area contributed by atoms with Gasteiger partial charge < -0.3 is 11.5 Å². The smallest absolute Gasteiger partial charge is 0.229 e. The molecule has 14 heavy (non-hydrogen) atoms. The van der Waals surface area contributed by atoms with E-state index in [2.05, 4.69) is 11.8 Å². The van der Waals surface area contributed by atoms with Gasteiger partial charge in [-0.1, -0.05) is 23.4 Å². The Morgan fingerprint density at radius 1 is 1.50 bits per heavy atom. The van der Waals surface area contributed by atoms with Crippen molar-refractivity contribution in [3.05, 3.63) is 28.8 Å². The van der Waals surface area contributed by atoms with Crippen molar-refractivity contribution in [2.75, 3.05) is 5.73 Å². The molecule has 0 heterocycles. The Hall–Kier alpha value is -1.66. The van der Waals surface area contributed by atoms with Crippen LogP contribution in [0.1, 0.15) is 12.0 Å². The number of rotatable bonds is 1. The summed E-state index contributed by atoms with van der Waals surface area (Å²) >= 11 is 5.85. The maximum absolute atomic E-state index is 10.4. The number of carbonyl (C=O) groups excluding carboxylic acids is 1. The van der Waals surface area contributed by atoms with Crippen LogP contribution < -0.4 is 11.5 Å². The van der Waals surface area contributed by atoms with Crippen molar-refractivity contribution in [3.8, 4) is 11.8 Å². The lowest BCUT2D eigenvalue weighted by Gasteiger charge is -1.96. The van der Waals surface area contributed by atoms with Crippen molar-refractivity contribution in [1.82, 2.24) is 0 Å². The van der Waals surface area contributed by atoms with Crippen molar-refractivity contribution in [2.24, 2.45) is 5.73 Å². The zero-order chi connectivity index (χ0) is 10.6. The summed E-state index contributed by atoms with van der Waals surface area (Å²) < 4.78 is 0. The van der Waals surface area contributed by atoms with E-state index in [0.29, 0.717) is 16.3 Å². The number of nitrogen functional groups attached to an aromatic ring is 1. The molecule has 1 rings (SSSR count). The molecular formula is C10H9ClN2O. The van der Waals surface area contributed by atoms with Crippen LogP contribution in [0.5, 0.6) is 0 Å². The lowest BCUT2D eigenvalue weighted by Crippen LogP contribution is -2.08. The summed E-state index contributed by atoms with van der Waals surface area (Å²) in [7, 11) is 0. The standard InChI is InChI=1S/C10H9ClN2O/c11-9-6-8(12)5-4-7(9)2-1-3-10(13)14/h4-6H,3,12H2,(H2,13,14). The highest BCUT2D eigenvalue weighted by atomic mass is 35.5. The largest absolute Gasteiger partial charge is 0.399 e. The lowest BCUT2D eigenvalue weighted by molar-refractivity contribution is -0.117. The number of halogens is 1. The Kier molecular flexibility index (Phi) is 3.38. The van der Waals surface area contributed by atoms with Crippen LogP contribution in [0.25, 0.3) is 0 Å². The fourth-order valence-corrected chi connectivity index (χ4v) is 1.10.